The summed E-state index contributed by atoms with van der Waals surface area (Å²) in [5, 5.41) is 7.09. The number of hydrogen-bond donors (Lipinski definition) is 3. The summed E-state index contributed by atoms with van der Waals surface area (Å²) in [6.07, 6.45) is 0. The van der Waals surface area contributed by atoms with Gasteiger partial charge in [-0.05, 0) is 38.2 Å². The molecule has 94 valence electrons. The Morgan fingerprint density at radius 2 is 1.82 bits per heavy atom. The summed E-state index contributed by atoms with van der Waals surface area (Å²) >= 11 is 5.23. The third kappa shape index (κ3) is 5.65. The molecular weight excluding hydrogens is 230 g/mol. The zero-order valence-electron chi connectivity index (χ0n) is 10.6. The molecule has 4 heteroatoms. The minimum Gasteiger partial charge on any atom is -0.357 e. The van der Waals surface area contributed by atoms with Crippen molar-refractivity contribution >= 4 is 23.0 Å². The number of hydrogen-bond acceptors (Lipinski definition) is 1. The van der Waals surface area contributed by atoms with E-state index in [0.29, 0.717) is 5.11 Å². The average Bonchev–Trinajstić information content (AvgIpc) is 2.36. The van der Waals surface area contributed by atoms with Crippen LogP contribution in [0.1, 0.15) is 13.8 Å². The number of likely N-dealkylation sites (N-methyl/N-ethyl adjacent to an activating group) is 1. The number of rotatable bonds is 6. The van der Waals surface area contributed by atoms with Gasteiger partial charge < -0.3 is 15.5 Å². The van der Waals surface area contributed by atoms with Gasteiger partial charge in [-0.3, -0.25) is 0 Å². The van der Waals surface area contributed by atoms with E-state index < -0.39 is 0 Å². The molecule has 3 N–H and O–H groups in total. The van der Waals surface area contributed by atoms with Gasteiger partial charge in [0.2, 0.25) is 0 Å². The van der Waals surface area contributed by atoms with E-state index in [-0.39, 0.29) is 0 Å². The molecule has 1 aromatic carbocycles. The summed E-state index contributed by atoms with van der Waals surface area (Å²) in [6, 6.07) is 9.98. The normalized spacial score (nSPS) is 10.3. The van der Waals surface area contributed by atoms with Gasteiger partial charge in [-0.2, -0.15) is 0 Å². The van der Waals surface area contributed by atoms with Crippen LogP contribution in [-0.4, -0.2) is 31.3 Å². The molecular formula is C13H22N3S+. The van der Waals surface area contributed by atoms with Crippen LogP contribution in [0.4, 0.5) is 5.69 Å². The largest absolute Gasteiger partial charge is 0.357 e. The Balaban J connectivity index is 2.22. The zero-order chi connectivity index (χ0) is 12.5. The van der Waals surface area contributed by atoms with Crippen LogP contribution in [0.5, 0.6) is 0 Å². The predicted octanol–water partition coefficient (Wildman–Crippen LogP) is 0.898. The Kier molecular flexibility index (Phi) is 6.58. The summed E-state index contributed by atoms with van der Waals surface area (Å²) in [5.74, 6) is 0. The lowest BCUT2D eigenvalue weighted by Gasteiger charge is -2.16. The molecule has 0 heterocycles. The Bertz CT molecular complexity index is 323. The van der Waals surface area contributed by atoms with Gasteiger partial charge in [-0.15, -0.1) is 0 Å². The van der Waals surface area contributed by atoms with Crippen molar-refractivity contribution in [2.75, 3.05) is 31.5 Å². The number of para-hydroxylation sites is 1. The quantitative estimate of drug-likeness (QED) is 0.657. The van der Waals surface area contributed by atoms with Gasteiger partial charge in [0.15, 0.2) is 5.11 Å². The summed E-state index contributed by atoms with van der Waals surface area (Å²) in [5.41, 5.74) is 1.03. The van der Waals surface area contributed by atoms with E-state index in [0.717, 1.165) is 31.9 Å². The van der Waals surface area contributed by atoms with Crippen molar-refractivity contribution in [3.8, 4) is 0 Å². The SMILES string of the molecule is CC[NH+](CC)CCNC(=S)Nc1ccccc1. The highest BCUT2D eigenvalue weighted by Gasteiger charge is 2.02. The van der Waals surface area contributed by atoms with E-state index in [9.17, 15) is 0 Å². The van der Waals surface area contributed by atoms with Crippen molar-refractivity contribution < 1.29 is 4.90 Å². The van der Waals surface area contributed by atoms with Gasteiger partial charge in [0.25, 0.3) is 0 Å². The first-order chi connectivity index (χ1) is 8.26. The van der Waals surface area contributed by atoms with Crippen molar-refractivity contribution in [3.05, 3.63) is 30.3 Å². The van der Waals surface area contributed by atoms with Gasteiger partial charge in [0.05, 0.1) is 26.2 Å². The van der Waals surface area contributed by atoms with Crippen molar-refractivity contribution in [2.45, 2.75) is 13.8 Å². The van der Waals surface area contributed by atoms with E-state index in [4.69, 9.17) is 12.2 Å². The Labute approximate surface area is 109 Å². The molecule has 0 unspecified atom stereocenters. The van der Waals surface area contributed by atoms with Crippen LogP contribution < -0.4 is 15.5 Å². The third-order valence-electron chi connectivity index (χ3n) is 2.80. The van der Waals surface area contributed by atoms with Gasteiger partial charge in [0.1, 0.15) is 0 Å². The van der Waals surface area contributed by atoms with E-state index in [1.54, 1.807) is 4.90 Å². The molecule has 0 saturated carbocycles. The maximum absolute atomic E-state index is 5.23. The second kappa shape index (κ2) is 8.03. The van der Waals surface area contributed by atoms with Crippen LogP contribution in [0.2, 0.25) is 0 Å². The number of quaternary nitrogens is 1. The zero-order valence-corrected chi connectivity index (χ0v) is 11.4. The minimum absolute atomic E-state index is 0.697. The molecule has 3 nitrogen and oxygen atoms in total. The molecule has 17 heavy (non-hydrogen) atoms. The summed E-state index contributed by atoms with van der Waals surface area (Å²) in [4.78, 5) is 1.58. The molecule has 0 aliphatic carbocycles. The van der Waals surface area contributed by atoms with Crippen molar-refractivity contribution in [2.24, 2.45) is 0 Å². The first-order valence-electron chi connectivity index (χ1n) is 6.19. The fourth-order valence-electron chi connectivity index (χ4n) is 1.65. The van der Waals surface area contributed by atoms with Crippen molar-refractivity contribution in [1.82, 2.24) is 5.32 Å². The van der Waals surface area contributed by atoms with Crippen LogP contribution in [0.3, 0.4) is 0 Å². The first-order valence-corrected chi connectivity index (χ1v) is 6.60. The highest BCUT2D eigenvalue weighted by atomic mass is 32.1. The highest BCUT2D eigenvalue weighted by molar-refractivity contribution is 7.80. The van der Waals surface area contributed by atoms with Crippen LogP contribution in [-0.2, 0) is 0 Å². The van der Waals surface area contributed by atoms with E-state index in [2.05, 4.69) is 24.5 Å². The van der Waals surface area contributed by atoms with Gasteiger partial charge in [-0.1, -0.05) is 18.2 Å². The van der Waals surface area contributed by atoms with Crippen LogP contribution in [0.25, 0.3) is 0 Å². The molecule has 0 aliphatic rings. The fourth-order valence-corrected chi connectivity index (χ4v) is 1.87. The number of benzene rings is 1. The second-order valence-electron chi connectivity index (χ2n) is 3.95. The predicted molar refractivity (Wildman–Crippen MR) is 77.6 cm³/mol. The highest BCUT2D eigenvalue weighted by Crippen LogP contribution is 2.03. The van der Waals surface area contributed by atoms with Gasteiger partial charge in [0, 0.05) is 5.69 Å². The lowest BCUT2D eigenvalue weighted by atomic mass is 10.3. The molecule has 1 aromatic rings. The van der Waals surface area contributed by atoms with Crippen LogP contribution >= 0.6 is 12.2 Å². The molecule has 0 atom stereocenters. The minimum atomic E-state index is 0.697. The van der Waals surface area contributed by atoms with Crippen LogP contribution in [0, 0.1) is 0 Å². The van der Waals surface area contributed by atoms with Crippen molar-refractivity contribution in [1.29, 1.82) is 0 Å². The number of anilines is 1. The molecule has 0 saturated heterocycles. The first kappa shape index (κ1) is 13.9. The lowest BCUT2D eigenvalue weighted by Crippen LogP contribution is -3.12. The lowest BCUT2D eigenvalue weighted by molar-refractivity contribution is -0.895. The number of nitrogens with one attached hydrogen (secondary N) is 3. The van der Waals surface area contributed by atoms with Gasteiger partial charge in [-0.25, -0.2) is 0 Å². The Morgan fingerprint density at radius 3 is 2.41 bits per heavy atom. The molecule has 0 amide bonds. The fraction of sp³-hybridized carbons (Fsp3) is 0.462. The maximum atomic E-state index is 5.23. The average molecular weight is 252 g/mol. The molecule has 0 radical (unpaired) electrons. The third-order valence-corrected chi connectivity index (χ3v) is 3.04. The van der Waals surface area contributed by atoms with E-state index >= 15 is 0 Å². The summed E-state index contributed by atoms with van der Waals surface area (Å²) < 4.78 is 0. The van der Waals surface area contributed by atoms with E-state index in [1.165, 1.54) is 0 Å². The van der Waals surface area contributed by atoms with E-state index in [1.807, 2.05) is 30.3 Å². The molecule has 1 rings (SSSR count). The summed E-state index contributed by atoms with van der Waals surface area (Å²) in [7, 11) is 0. The Morgan fingerprint density at radius 1 is 1.18 bits per heavy atom. The number of thiocarbonyl (C=S) groups is 1. The molecule has 0 aromatic heterocycles. The molecule has 0 fully saturated rings. The van der Waals surface area contributed by atoms with Crippen LogP contribution in [0.15, 0.2) is 30.3 Å². The van der Waals surface area contributed by atoms with Crippen molar-refractivity contribution in [3.63, 3.8) is 0 Å². The Hall–Kier alpha value is -1.13. The molecule has 0 spiro atoms. The smallest absolute Gasteiger partial charge is 0.170 e. The van der Waals surface area contributed by atoms with Gasteiger partial charge >= 0.3 is 0 Å². The topological polar surface area (TPSA) is 28.5 Å². The monoisotopic (exact) mass is 252 g/mol. The molecule has 0 bridgehead atoms. The summed E-state index contributed by atoms with van der Waals surface area (Å²) in [6.45, 7) is 8.76. The standard InChI is InChI=1S/C13H21N3S/c1-3-16(4-2)11-10-14-13(17)15-12-8-6-5-7-9-12/h5-9H,3-4,10-11H2,1-2H3,(H2,14,15,17)/p+1. The second-order valence-corrected chi connectivity index (χ2v) is 4.36. The maximum Gasteiger partial charge on any atom is 0.170 e. The molecule has 0 aliphatic heterocycles.